The van der Waals surface area contributed by atoms with Gasteiger partial charge in [0.15, 0.2) is 5.13 Å². The van der Waals surface area contributed by atoms with Gasteiger partial charge in [0.2, 0.25) is 5.91 Å². The maximum atomic E-state index is 12.3. The number of para-hydroxylation sites is 1. The third-order valence-corrected chi connectivity index (χ3v) is 5.20. The molecule has 1 aromatic carbocycles. The van der Waals surface area contributed by atoms with Crippen molar-refractivity contribution >= 4 is 32.6 Å². The number of benzene rings is 1. The van der Waals surface area contributed by atoms with Gasteiger partial charge in [0.25, 0.3) is 0 Å². The zero-order valence-electron chi connectivity index (χ0n) is 13.0. The molecule has 1 amide bonds. The highest BCUT2D eigenvalue weighted by Gasteiger charge is 2.19. The molecule has 5 heteroatoms. The molecule has 1 saturated carbocycles. The van der Waals surface area contributed by atoms with Crippen molar-refractivity contribution in [2.45, 2.75) is 57.5 Å². The summed E-state index contributed by atoms with van der Waals surface area (Å²) in [6, 6.07) is 8.11. The Balaban J connectivity index is 1.58. The molecule has 1 heterocycles. The summed E-state index contributed by atoms with van der Waals surface area (Å²) in [6.45, 7) is 1.90. The highest BCUT2D eigenvalue weighted by Crippen LogP contribution is 2.26. The Morgan fingerprint density at radius 2 is 1.95 bits per heavy atom. The Morgan fingerprint density at radius 1 is 1.23 bits per heavy atom. The van der Waals surface area contributed by atoms with E-state index in [0.717, 1.165) is 28.2 Å². The van der Waals surface area contributed by atoms with Crippen molar-refractivity contribution in [1.29, 1.82) is 0 Å². The smallest absolute Gasteiger partial charge is 0.242 e. The Labute approximate surface area is 135 Å². The maximum Gasteiger partial charge on any atom is 0.242 e. The van der Waals surface area contributed by atoms with Crippen molar-refractivity contribution in [3.63, 3.8) is 0 Å². The lowest BCUT2D eigenvalue weighted by atomic mass is 10.1. The summed E-state index contributed by atoms with van der Waals surface area (Å²) in [6.07, 6.45) is 7.27. The molecule has 2 aromatic rings. The number of amides is 1. The Morgan fingerprint density at radius 3 is 2.68 bits per heavy atom. The third kappa shape index (κ3) is 3.77. The molecule has 0 unspecified atom stereocenters. The molecule has 0 spiro atoms. The lowest BCUT2D eigenvalue weighted by molar-refractivity contribution is -0.122. The van der Waals surface area contributed by atoms with E-state index in [-0.39, 0.29) is 11.9 Å². The molecule has 1 atom stereocenters. The van der Waals surface area contributed by atoms with Crippen LogP contribution in [-0.4, -0.2) is 23.0 Å². The molecule has 1 aliphatic rings. The number of carbonyl (C=O) groups excluding carboxylic acids is 1. The molecule has 22 heavy (non-hydrogen) atoms. The van der Waals surface area contributed by atoms with Crippen LogP contribution < -0.4 is 10.6 Å². The lowest BCUT2D eigenvalue weighted by Crippen LogP contribution is -2.43. The second-order valence-electron chi connectivity index (χ2n) is 6.05. The van der Waals surface area contributed by atoms with E-state index in [4.69, 9.17) is 0 Å². The second kappa shape index (κ2) is 7.09. The Kier molecular flexibility index (Phi) is 4.93. The molecule has 2 N–H and O–H groups in total. The standard InChI is InChI=1S/C17H23N3OS/c1-12(16(21)19-13-8-4-2-3-5-9-13)18-17-20-14-10-6-7-11-15(14)22-17/h6-7,10-13H,2-5,8-9H2,1H3,(H,18,20)(H,19,21)/t12-/m1/s1. The summed E-state index contributed by atoms with van der Waals surface area (Å²) < 4.78 is 1.14. The normalized spacial score (nSPS) is 17.9. The van der Waals surface area contributed by atoms with Crippen LogP contribution in [0.25, 0.3) is 10.2 Å². The van der Waals surface area contributed by atoms with Gasteiger partial charge in [0.1, 0.15) is 6.04 Å². The molecule has 118 valence electrons. The quantitative estimate of drug-likeness (QED) is 0.840. The monoisotopic (exact) mass is 317 g/mol. The van der Waals surface area contributed by atoms with Crippen LogP contribution in [0.1, 0.15) is 45.4 Å². The molecular weight excluding hydrogens is 294 g/mol. The predicted octanol–water partition coefficient (Wildman–Crippen LogP) is 3.94. The zero-order valence-corrected chi connectivity index (χ0v) is 13.8. The average molecular weight is 317 g/mol. The van der Waals surface area contributed by atoms with Gasteiger partial charge in [0.05, 0.1) is 10.2 Å². The van der Waals surface area contributed by atoms with Gasteiger partial charge < -0.3 is 10.6 Å². The highest BCUT2D eigenvalue weighted by molar-refractivity contribution is 7.22. The molecule has 0 aliphatic heterocycles. The molecule has 3 rings (SSSR count). The van der Waals surface area contributed by atoms with E-state index >= 15 is 0 Å². The van der Waals surface area contributed by atoms with Crippen molar-refractivity contribution in [2.24, 2.45) is 0 Å². The number of nitrogens with zero attached hydrogens (tertiary/aromatic N) is 1. The fourth-order valence-corrected chi connectivity index (χ4v) is 3.89. The predicted molar refractivity (Wildman–Crippen MR) is 92.3 cm³/mol. The van der Waals surface area contributed by atoms with E-state index in [1.165, 1.54) is 25.7 Å². The molecule has 1 fully saturated rings. The van der Waals surface area contributed by atoms with Crippen LogP contribution >= 0.6 is 11.3 Å². The van der Waals surface area contributed by atoms with E-state index < -0.39 is 0 Å². The van der Waals surface area contributed by atoms with E-state index in [2.05, 4.69) is 21.7 Å². The Bertz CT molecular complexity index is 599. The minimum atomic E-state index is -0.260. The van der Waals surface area contributed by atoms with Crippen LogP contribution in [0, 0.1) is 0 Å². The molecule has 0 radical (unpaired) electrons. The van der Waals surface area contributed by atoms with Crippen LogP contribution in [-0.2, 0) is 4.79 Å². The maximum absolute atomic E-state index is 12.3. The van der Waals surface area contributed by atoms with Gasteiger partial charge in [-0.1, -0.05) is 49.2 Å². The SMILES string of the molecule is C[C@@H](Nc1nc2ccccc2s1)C(=O)NC1CCCCCC1. The number of carbonyl (C=O) groups is 1. The zero-order chi connectivity index (χ0) is 15.4. The number of thiazole rings is 1. The van der Waals surface area contributed by atoms with E-state index in [9.17, 15) is 4.79 Å². The topological polar surface area (TPSA) is 54.0 Å². The summed E-state index contributed by atoms with van der Waals surface area (Å²) in [5.41, 5.74) is 0.978. The molecule has 1 aliphatic carbocycles. The van der Waals surface area contributed by atoms with Gasteiger partial charge >= 0.3 is 0 Å². The molecule has 4 nitrogen and oxygen atoms in total. The third-order valence-electron chi connectivity index (χ3n) is 4.23. The summed E-state index contributed by atoms with van der Waals surface area (Å²) in [5.74, 6) is 0.0751. The summed E-state index contributed by atoms with van der Waals surface area (Å²) >= 11 is 1.59. The van der Waals surface area contributed by atoms with E-state index in [1.807, 2.05) is 25.1 Å². The average Bonchev–Trinajstić information content (AvgIpc) is 2.74. The van der Waals surface area contributed by atoms with Gasteiger partial charge in [-0.3, -0.25) is 4.79 Å². The number of aromatic nitrogens is 1. The number of hydrogen-bond donors (Lipinski definition) is 2. The highest BCUT2D eigenvalue weighted by atomic mass is 32.1. The molecule has 0 saturated heterocycles. The van der Waals surface area contributed by atoms with Crippen molar-refractivity contribution < 1.29 is 4.79 Å². The number of hydrogen-bond acceptors (Lipinski definition) is 4. The fourth-order valence-electron chi connectivity index (χ4n) is 2.93. The van der Waals surface area contributed by atoms with Crippen LogP contribution in [0.3, 0.4) is 0 Å². The number of rotatable bonds is 4. The van der Waals surface area contributed by atoms with Crippen LogP contribution in [0.15, 0.2) is 24.3 Å². The van der Waals surface area contributed by atoms with E-state index in [0.29, 0.717) is 6.04 Å². The first-order valence-corrected chi connectivity index (χ1v) is 8.96. The van der Waals surface area contributed by atoms with Gasteiger partial charge in [-0.25, -0.2) is 4.98 Å². The Hall–Kier alpha value is -1.62. The largest absolute Gasteiger partial charge is 0.352 e. The van der Waals surface area contributed by atoms with Gasteiger partial charge in [-0.05, 0) is 31.9 Å². The number of nitrogens with one attached hydrogen (secondary N) is 2. The van der Waals surface area contributed by atoms with E-state index in [1.54, 1.807) is 11.3 Å². The first kappa shape index (κ1) is 15.3. The van der Waals surface area contributed by atoms with Crippen molar-refractivity contribution in [2.75, 3.05) is 5.32 Å². The van der Waals surface area contributed by atoms with Gasteiger partial charge in [0, 0.05) is 6.04 Å². The second-order valence-corrected chi connectivity index (χ2v) is 7.08. The van der Waals surface area contributed by atoms with Gasteiger partial charge in [-0.15, -0.1) is 0 Å². The van der Waals surface area contributed by atoms with Crippen LogP contribution in [0.2, 0.25) is 0 Å². The summed E-state index contributed by atoms with van der Waals surface area (Å²) in [4.78, 5) is 16.9. The summed E-state index contributed by atoms with van der Waals surface area (Å²) in [5, 5.41) is 7.23. The first-order chi connectivity index (χ1) is 10.7. The lowest BCUT2D eigenvalue weighted by Gasteiger charge is -2.19. The molecule has 0 bridgehead atoms. The van der Waals surface area contributed by atoms with Crippen molar-refractivity contribution in [3.8, 4) is 0 Å². The fraction of sp³-hybridized carbons (Fsp3) is 0.529. The summed E-state index contributed by atoms with van der Waals surface area (Å²) in [7, 11) is 0. The van der Waals surface area contributed by atoms with Crippen molar-refractivity contribution in [3.05, 3.63) is 24.3 Å². The van der Waals surface area contributed by atoms with Crippen molar-refractivity contribution in [1.82, 2.24) is 10.3 Å². The molecular formula is C17H23N3OS. The van der Waals surface area contributed by atoms with Crippen LogP contribution in [0.5, 0.6) is 0 Å². The first-order valence-electron chi connectivity index (χ1n) is 8.15. The van der Waals surface area contributed by atoms with Crippen LogP contribution in [0.4, 0.5) is 5.13 Å². The number of fused-ring (bicyclic) bond motifs is 1. The van der Waals surface area contributed by atoms with Gasteiger partial charge in [-0.2, -0.15) is 0 Å². The minimum Gasteiger partial charge on any atom is -0.352 e. The number of anilines is 1. The minimum absolute atomic E-state index is 0.0751. The molecule has 1 aromatic heterocycles.